The molecule has 0 amide bonds. The molecule has 3 rings (SSSR count). The number of benzene rings is 1. The van der Waals surface area contributed by atoms with Crippen molar-refractivity contribution in [3.8, 4) is 0 Å². The van der Waals surface area contributed by atoms with Gasteiger partial charge in [0.25, 0.3) is 0 Å². The lowest BCUT2D eigenvalue weighted by atomic mass is 10.2. The lowest BCUT2D eigenvalue weighted by Crippen LogP contribution is -3.11. The molecule has 3 N–H and O–H groups in total. The minimum atomic E-state index is -0.227. The molecule has 0 saturated carbocycles. The van der Waals surface area contributed by atoms with Crippen molar-refractivity contribution >= 4 is 17.3 Å². The van der Waals surface area contributed by atoms with Crippen molar-refractivity contribution in [1.82, 2.24) is 10.6 Å². The molecule has 0 bridgehead atoms. The van der Waals surface area contributed by atoms with E-state index in [2.05, 4.69) is 10.6 Å². The normalized spacial score (nSPS) is 16.0. The molecule has 1 aromatic heterocycles. The van der Waals surface area contributed by atoms with Gasteiger partial charge in [0.15, 0.2) is 16.9 Å². The molecule has 2 heterocycles. The van der Waals surface area contributed by atoms with Crippen LogP contribution in [0.25, 0.3) is 0 Å². The molecule has 1 fully saturated rings. The molecule has 4 nitrogen and oxygen atoms in total. The van der Waals surface area contributed by atoms with Crippen LogP contribution in [0.1, 0.15) is 30.2 Å². The number of nitrogens with one attached hydrogen (secondary N) is 3. The lowest BCUT2D eigenvalue weighted by molar-refractivity contribution is -0.919. The first-order chi connectivity index (χ1) is 11.7. The zero-order valence-corrected chi connectivity index (χ0v) is 14.4. The van der Waals surface area contributed by atoms with Crippen LogP contribution in [0.4, 0.5) is 4.39 Å². The van der Waals surface area contributed by atoms with Gasteiger partial charge >= 0.3 is 0 Å². The molecule has 0 radical (unpaired) electrons. The van der Waals surface area contributed by atoms with Crippen LogP contribution in [0.15, 0.2) is 47.1 Å². The first kappa shape index (κ1) is 16.9. The summed E-state index contributed by atoms with van der Waals surface area (Å²) < 4.78 is 18.5. The van der Waals surface area contributed by atoms with E-state index in [1.165, 1.54) is 38.1 Å². The Morgan fingerprint density at radius 3 is 2.58 bits per heavy atom. The summed E-state index contributed by atoms with van der Waals surface area (Å²) in [6, 6.07) is 10.7. The fraction of sp³-hybridized carbons (Fsp3) is 0.389. The van der Waals surface area contributed by atoms with Crippen LogP contribution in [0.5, 0.6) is 0 Å². The quantitative estimate of drug-likeness (QED) is 0.697. The topological polar surface area (TPSA) is 41.6 Å². The number of thiocarbonyl (C=S) groups is 1. The maximum Gasteiger partial charge on any atom is 0.166 e. The van der Waals surface area contributed by atoms with Crippen molar-refractivity contribution in [3.63, 3.8) is 0 Å². The van der Waals surface area contributed by atoms with Gasteiger partial charge in [-0.2, -0.15) is 0 Å². The number of hydrogen-bond donors (Lipinski definition) is 3. The third-order valence-corrected chi connectivity index (χ3v) is 4.75. The molecule has 128 valence electrons. The monoisotopic (exact) mass is 348 g/mol. The van der Waals surface area contributed by atoms with E-state index in [9.17, 15) is 4.39 Å². The van der Waals surface area contributed by atoms with Gasteiger partial charge in [-0.05, 0) is 42.0 Å². The van der Waals surface area contributed by atoms with Gasteiger partial charge in [0.2, 0.25) is 0 Å². The highest BCUT2D eigenvalue weighted by Crippen LogP contribution is 2.11. The number of hydrogen-bond acceptors (Lipinski definition) is 2. The van der Waals surface area contributed by atoms with Crippen molar-refractivity contribution in [2.24, 2.45) is 0 Å². The summed E-state index contributed by atoms with van der Waals surface area (Å²) >= 11 is 5.37. The third-order valence-electron chi connectivity index (χ3n) is 4.46. The number of quaternary nitrogens is 1. The van der Waals surface area contributed by atoms with E-state index in [0.717, 1.165) is 17.9 Å². The predicted octanol–water partition coefficient (Wildman–Crippen LogP) is 1.80. The summed E-state index contributed by atoms with van der Waals surface area (Å²) in [6.07, 6.45) is 4.25. The van der Waals surface area contributed by atoms with Gasteiger partial charge in [0, 0.05) is 19.4 Å². The van der Waals surface area contributed by atoms with Gasteiger partial charge in [-0.1, -0.05) is 12.1 Å². The second-order valence-corrected chi connectivity index (χ2v) is 6.53. The van der Waals surface area contributed by atoms with E-state index < -0.39 is 0 Å². The molecule has 0 aliphatic carbocycles. The van der Waals surface area contributed by atoms with Gasteiger partial charge in [-0.25, -0.2) is 4.39 Å². The van der Waals surface area contributed by atoms with Crippen LogP contribution in [0.3, 0.4) is 0 Å². The average molecular weight is 348 g/mol. The van der Waals surface area contributed by atoms with Crippen LogP contribution < -0.4 is 15.5 Å². The van der Waals surface area contributed by atoms with E-state index in [0.29, 0.717) is 11.7 Å². The summed E-state index contributed by atoms with van der Waals surface area (Å²) in [5, 5.41) is 7.07. The summed E-state index contributed by atoms with van der Waals surface area (Å²) in [5.41, 5.74) is 0.994. The van der Waals surface area contributed by atoms with Gasteiger partial charge in [0.1, 0.15) is 5.82 Å². The summed E-state index contributed by atoms with van der Waals surface area (Å²) in [6.45, 7) is 3.65. The Morgan fingerprint density at radius 2 is 1.92 bits per heavy atom. The van der Waals surface area contributed by atoms with E-state index in [-0.39, 0.29) is 11.9 Å². The van der Waals surface area contributed by atoms with Gasteiger partial charge in [0.05, 0.1) is 25.9 Å². The molecule has 1 aliphatic heterocycles. The first-order valence-electron chi connectivity index (χ1n) is 8.36. The standard InChI is InChI=1S/C18H22FN3OS/c19-15-7-5-14(6-8-15)12-20-18(24)21-13-16(17-4-3-11-23-17)22-9-1-2-10-22/h3-8,11,16H,1-2,9-10,12-13H2,(H2,20,21,24)/p+1/t16-/m0/s1. The minimum Gasteiger partial charge on any atom is -0.463 e. The van der Waals surface area contributed by atoms with Crippen LogP contribution in [0.2, 0.25) is 0 Å². The van der Waals surface area contributed by atoms with Crippen molar-refractivity contribution in [2.45, 2.75) is 25.4 Å². The average Bonchev–Trinajstić information content (AvgIpc) is 3.29. The Balaban J connectivity index is 1.50. The Hall–Kier alpha value is -1.92. The Labute approximate surface area is 147 Å². The molecule has 1 aromatic carbocycles. The number of halogens is 1. The summed E-state index contributed by atoms with van der Waals surface area (Å²) in [4.78, 5) is 1.54. The summed E-state index contributed by atoms with van der Waals surface area (Å²) in [5.74, 6) is 0.773. The van der Waals surface area contributed by atoms with Crippen molar-refractivity contribution in [1.29, 1.82) is 0 Å². The first-order valence-corrected chi connectivity index (χ1v) is 8.77. The van der Waals surface area contributed by atoms with Gasteiger partial charge in [-0.3, -0.25) is 0 Å². The van der Waals surface area contributed by atoms with Crippen molar-refractivity contribution in [2.75, 3.05) is 19.6 Å². The number of furan rings is 1. The fourth-order valence-corrected chi connectivity index (χ4v) is 3.31. The Morgan fingerprint density at radius 1 is 1.17 bits per heavy atom. The van der Waals surface area contributed by atoms with E-state index in [1.54, 1.807) is 23.3 Å². The predicted molar refractivity (Wildman–Crippen MR) is 95.2 cm³/mol. The number of likely N-dealkylation sites (tertiary alicyclic amines) is 1. The molecular weight excluding hydrogens is 325 g/mol. The highest BCUT2D eigenvalue weighted by atomic mass is 32.1. The second kappa shape index (κ2) is 8.26. The Bertz CT molecular complexity index is 639. The van der Waals surface area contributed by atoms with Gasteiger partial charge < -0.3 is 20.0 Å². The van der Waals surface area contributed by atoms with E-state index >= 15 is 0 Å². The van der Waals surface area contributed by atoms with Crippen molar-refractivity contribution in [3.05, 3.63) is 59.8 Å². The largest absolute Gasteiger partial charge is 0.463 e. The van der Waals surface area contributed by atoms with Gasteiger partial charge in [-0.15, -0.1) is 0 Å². The highest BCUT2D eigenvalue weighted by Gasteiger charge is 2.29. The zero-order valence-electron chi connectivity index (χ0n) is 13.6. The molecule has 0 unspecified atom stereocenters. The maximum absolute atomic E-state index is 12.9. The maximum atomic E-state index is 12.9. The molecule has 2 aromatic rings. The Kier molecular flexibility index (Phi) is 5.82. The fourth-order valence-electron chi connectivity index (χ4n) is 3.16. The summed E-state index contributed by atoms with van der Waals surface area (Å²) in [7, 11) is 0. The zero-order chi connectivity index (χ0) is 16.8. The third kappa shape index (κ3) is 4.55. The van der Waals surface area contributed by atoms with Crippen molar-refractivity contribution < 1.29 is 13.7 Å². The lowest BCUT2D eigenvalue weighted by Gasteiger charge is -2.23. The minimum absolute atomic E-state index is 0.227. The molecule has 24 heavy (non-hydrogen) atoms. The molecule has 6 heteroatoms. The molecule has 1 saturated heterocycles. The van der Waals surface area contributed by atoms with Crippen LogP contribution in [-0.4, -0.2) is 24.7 Å². The molecule has 1 atom stereocenters. The molecule has 0 spiro atoms. The van der Waals surface area contributed by atoms with E-state index in [1.807, 2.05) is 12.1 Å². The van der Waals surface area contributed by atoms with Crippen LogP contribution in [0, 0.1) is 5.82 Å². The van der Waals surface area contributed by atoms with E-state index in [4.69, 9.17) is 16.6 Å². The highest BCUT2D eigenvalue weighted by molar-refractivity contribution is 7.80. The second-order valence-electron chi connectivity index (χ2n) is 6.12. The molecule has 1 aliphatic rings. The SMILES string of the molecule is Fc1ccc(CNC(=S)NC[C@@H](c2ccco2)[NH+]2CCCC2)cc1. The molecular formula is C18H23FN3OS+. The smallest absolute Gasteiger partial charge is 0.166 e. The van der Waals surface area contributed by atoms with Crippen LogP contribution >= 0.6 is 12.2 Å². The van der Waals surface area contributed by atoms with Crippen LogP contribution in [-0.2, 0) is 6.54 Å². The number of rotatable bonds is 6.